The summed E-state index contributed by atoms with van der Waals surface area (Å²) in [5, 5.41) is 7.42. The average molecular weight is 297 g/mol. The van der Waals surface area contributed by atoms with Crippen LogP contribution in [0.15, 0.2) is 40.2 Å². The molecule has 0 unspecified atom stereocenters. The average Bonchev–Trinajstić information content (AvgIpc) is 2.35. The van der Waals surface area contributed by atoms with Crippen molar-refractivity contribution in [2.24, 2.45) is 7.05 Å². The molecular weight excluding hydrogens is 285 g/mol. The monoisotopic (exact) mass is 297 g/mol. The summed E-state index contributed by atoms with van der Waals surface area (Å²) >= 11 is 0. The number of rotatable bonds is 2. The van der Waals surface area contributed by atoms with E-state index in [1.54, 1.807) is 6.92 Å². The Morgan fingerprint density at radius 2 is 1.90 bits per heavy atom. The van der Waals surface area contributed by atoms with Crippen molar-refractivity contribution >= 4 is 10.0 Å². The third kappa shape index (κ3) is 2.18. The normalized spacial score (nSPS) is 11.6. The maximum Gasteiger partial charge on any atom is 0.343 e. The fraction of sp³-hybridized carbons (Fsp3) is 0.167. The van der Waals surface area contributed by atoms with E-state index in [1.165, 1.54) is 13.1 Å². The minimum atomic E-state index is -4.33. The van der Waals surface area contributed by atoms with Crippen molar-refractivity contribution in [2.75, 3.05) is 0 Å². The van der Waals surface area contributed by atoms with Gasteiger partial charge in [-0.1, -0.05) is 6.07 Å². The third-order valence-corrected chi connectivity index (χ3v) is 4.51. The predicted molar refractivity (Wildman–Crippen MR) is 69.2 cm³/mol. The van der Waals surface area contributed by atoms with E-state index in [0.717, 1.165) is 29.0 Å². The second kappa shape index (κ2) is 4.71. The van der Waals surface area contributed by atoms with Crippen LogP contribution >= 0.6 is 0 Å². The van der Waals surface area contributed by atoms with Gasteiger partial charge >= 0.3 is 5.69 Å². The minimum Gasteiger partial charge on any atom is -0.284 e. The Morgan fingerprint density at radius 3 is 2.50 bits per heavy atom. The highest BCUT2D eigenvalue weighted by molar-refractivity contribution is 7.90. The summed E-state index contributed by atoms with van der Waals surface area (Å²) in [6, 6.07) is 4.78. The first-order valence-corrected chi connectivity index (χ1v) is 7.04. The molecule has 0 aliphatic carbocycles. The summed E-state index contributed by atoms with van der Waals surface area (Å²) in [7, 11) is -3.07. The van der Waals surface area contributed by atoms with Gasteiger partial charge in [-0.2, -0.15) is 3.97 Å². The van der Waals surface area contributed by atoms with Crippen molar-refractivity contribution in [3.8, 4) is 0 Å². The van der Waals surface area contributed by atoms with Gasteiger partial charge in [-0.05, 0) is 30.7 Å². The molecule has 6 nitrogen and oxygen atoms in total. The van der Waals surface area contributed by atoms with Crippen LogP contribution in [-0.2, 0) is 17.1 Å². The minimum absolute atomic E-state index is 0.147. The topological polar surface area (TPSA) is 84.9 Å². The summed E-state index contributed by atoms with van der Waals surface area (Å²) in [6.07, 6.45) is 0.944. The van der Waals surface area contributed by atoms with E-state index < -0.39 is 26.4 Å². The lowest BCUT2D eigenvalue weighted by atomic mass is 10.2. The van der Waals surface area contributed by atoms with Gasteiger partial charge in [0, 0.05) is 13.2 Å². The number of halogens is 1. The lowest BCUT2D eigenvalue weighted by Gasteiger charge is -2.10. The Balaban J connectivity index is 2.77. The molecule has 0 saturated carbocycles. The Labute approximate surface area is 114 Å². The number of aromatic nitrogens is 2. The zero-order valence-corrected chi connectivity index (χ0v) is 11.6. The Morgan fingerprint density at radius 1 is 1.25 bits per heavy atom. The van der Waals surface area contributed by atoms with Crippen molar-refractivity contribution < 1.29 is 12.8 Å². The first kappa shape index (κ1) is 14.2. The third-order valence-electron chi connectivity index (χ3n) is 2.83. The quantitative estimate of drug-likeness (QED) is 0.868. The van der Waals surface area contributed by atoms with E-state index in [-0.39, 0.29) is 5.49 Å². The number of hydrogen-bond acceptors (Lipinski definition) is 4. The molecule has 0 bridgehead atoms. The SMILES string of the molecule is Cc1ccc(S(=O)(=O)n2ccc(=N)n(C)c2=O)c(F)c1. The van der Waals surface area contributed by atoms with Crippen LogP contribution in [0, 0.1) is 18.2 Å². The predicted octanol–water partition coefficient (Wildman–Crippen LogP) is 0.351. The van der Waals surface area contributed by atoms with E-state index in [1.807, 2.05) is 0 Å². The summed E-state index contributed by atoms with van der Waals surface area (Å²) in [5.74, 6) is -0.922. The largest absolute Gasteiger partial charge is 0.343 e. The molecule has 8 heteroatoms. The van der Waals surface area contributed by atoms with Gasteiger partial charge in [0.05, 0.1) is 0 Å². The van der Waals surface area contributed by atoms with Crippen LogP contribution in [0.5, 0.6) is 0 Å². The smallest absolute Gasteiger partial charge is 0.284 e. The van der Waals surface area contributed by atoms with Crippen LogP contribution in [0.4, 0.5) is 4.39 Å². The van der Waals surface area contributed by atoms with Gasteiger partial charge in [-0.25, -0.2) is 17.6 Å². The van der Waals surface area contributed by atoms with Crippen LogP contribution in [0.25, 0.3) is 0 Å². The van der Waals surface area contributed by atoms with Crippen molar-refractivity contribution in [3.63, 3.8) is 0 Å². The van der Waals surface area contributed by atoms with E-state index >= 15 is 0 Å². The van der Waals surface area contributed by atoms with E-state index in [0.29, 0.717) is 9.54 Å². The highest BCUT2D eigenvalue weighted by Crippen LogP contribution is 2.17. The number of aryl methyl sites for hydroxylation is 1. The van der Waals surface area contributed by atoms with Crippen LogP contribution in [-0.4, -0.2) is 17.0 Å². The summed E-state index contributed by atoms with van der Waals surface area (Å²) < 4.78 is 39.7. The molecule has 0 saturated heterocycles. The maximum atomic E-state index is 13.8. The van der Waals surface area contributed by atoms with Gasteiger partial charge in [-0.3, -0.25) is 9.98 Å². The molecule has 2 aromatic rings. The Kier molecular flexibility index (Phi) is 3.34. The molecule has 2 rings (SSSR count). The fourth-order valence-electron chi connectivity index (χ4n) is 1.67. The molecule has 0 aliphatic heterocycles. The first-order valence-electron chi connectivity index (χ1n) is 5.60. The molecule has 1 aromatic carbocycles. The highest BCUT2D eigenvalue weighted by atomic mass is 32.2. The number of nitrogens with one attached hydrogen (secondary N) is 1. The lowest BCUT2D eigenvalue weighted by molar-refractivity contribution is 0.554. The summed E-state index contributed by atoms with van der Waals surface area (Å²) in [5.41, 5.74) is -0.510. The number of nitrogens with zero attached hydrogens (tertiary/aromatic N) is 2. The molecular formula is C12H12FN3O3S. The van der Waals surface area contributed by atoms with Crippen LogP contribution in [0.3, 0.4) is 0 Å². The molecule has 106 valence electrons. The highest BCUT2D eigenvalue weighted by Gasteiger charge is 2.23. The molecule has 0 fully saturated rings. The van der Waals surface area contributed by atoms with Gasteiger partial charge in [-0.15, -0.1) is 0 Å². The Hall–Kier alpha value is -2.22. The van der Waals surface area contributed by atoms with Crippen LogP contribution in [0.2, 0.25) is 0 Å². The van der Waals surface area contributed by atoms with Crippen molar-refractivity contribution in [3.05, 3.63) is 57.8 Å². The molecule has 1 N–H and O–H groups in total. The molecule has 0 spiro atoms. The van der Waals surface area contributed by atoms with Gasteiger partial charge in [0.1, 0.15) is 16.2 Å². The van der Waals surface area contributed by atoms with Crippen LogP contribution in [0.1, 0.15) is 5.56 Å². The first-order chi connectivity index (χ1) is 9.25. The van der Waals surface area contributed by atoms with E-state index in [4.69, 9.17) is 5.41 Å². The van der Waals surface area contributed by atoms with Crippen molar-refractivity contribution in [2.45, 2.75) is 11.8 Å². The van der Waals surface area contributed by atoms with Crippen molar-refractivity contribution in [1.29, 1.82) is 5.41 Å². The van der Waals surface area contributed by atoms with Gasteiger partial charge in [0.25, 0.3) is 10.0 Å². The van der Waals surface area contributed by atoms with E-state index in [2.05, 4.69) is 0 Å². The molecule has 1 heterocycles. The van der Waals surface area contributed by atoms with Gasteiger partial charge in [0.2, 0.25) is 0 Å². The standard InChI is InChI=1S/C12H12FN3O3S/c1-8-3-4-10(9(13)7-8)20(18,19)16-6-5-11(14)15(2)12(16)17/h3-7,14H,1-2H3. The van der Waals surface area contributed by atoms with E-state index in [9.17, 15) is 17.6 Å². The second-order valence-corrected chi connectivity index (χ2v) is 6.06. The van der Waals surface area contributed by atoms with Gasteiger partial charge < -0.3 is 0 Å². The van der Waals surface area contributed by atoms with Crippen molar-refractivity contribution in [1.82, 2.24) is 8.54 Å². The second-order valence-electron chi connectivity index (χ2n) is 4.28. The zero-order chi connectivity index (χ0) is 15.1. The molecule has 1 aromatic heterocycles. The summed E-state index contributed by atoms with van der Waals surface area (Å²) in [4.78, 5) is 11.3. The molecule has 0 amide bonds. The molecule has 0 aliphatic rings. The number of benzene rings is 1. The molecule has 0 radical (unpaired) electrons. The fourth-order valence-corrected chi connectivity index (χ4v) is 2.98. The molecule has 0 atom stereocenters. The van der Waals surface area contributed by atoms with Gasteiger partial charge in [0.15, 0.2) is 0 Å². The maximum absolute atomic E-state index is 13.8. The summed E-state index contributed by atoms with van der Waals surface area (Å²) in [6.45, 7) is 1.63. The van der Waals surface area contributed by atoms with Crippen LogP contribution < -0.4 is 11.2 Å². The zero-order valence-electron chi connectivity index (χ0n) is 10.8. The number of hydrogen-bond donors (Lipinski definition) is 1. The Bertz CT molecular complexity index is 897. The molecule has 20 heavy (non-hydrogen) atoms. The lowest BCUT2D eigenvalue weighted by Crippen LogP contribution is -2.40.